The summed E-state index contributed by atoms with van der Waals surface area (Å²) in [7, 11) is 3.40. The van der Waals surface area contributed by atoms with Gasteiger partial charge < -0.3 is 14.2 Å². The van der Waals surface area contributed by atoms with E-state index in [0.717, 1.165) is 46.9 Å². The highest BCUT2D eigenvalue weighted by molar-refractivity contribution is 5.49. The van der Waals surface area contributed by atoms with E-state index in [1.165, 1.54) is 19.3 Å². The van der Waals surface area contributed by atoms with Gasteiger partial charge in [-0.2, -0.15) is 0 Å². The number of hydrogen-bond donors (Lipinski definition) is 0. The van der Waals surface area contributed by atoms with Crippen LogP contribution in [0.4, 0.5) is 0 Å². The van der Waals surface area contributed by atoms with E-state index in [4.69, 9.17) is 14.2 Å². The van der Waals surface area contributed by atoms with E-state index in [9.17, 15) is 0 Å². The Labute approximate surface area is 206 Å². The highest BCUT2D eigenvalue weighted by atomic mass is 16.5. The Morgan fingerprint density at radius 2 is 1.18 bits per heavy atom. The fourth-order valence-corrected chi connectivity index (χ4v) is 4.78. The molecule has 1 saturated carbocycles. The summed E-state index contributed by atoms with van der Waals surface area (Å²) in [4.78, 5) is 0. The average molecular weight is 461 g/mol. The van der Waals surface area contributed by atoms with Gasteiger partial charge in [0.2, 0.25) is 0 Å². The summed E-state index contributed by atoms with van der Waals surface area (Å²) in [5, 5.41) is 0. The highest BCUT2D eigenvalue weighted by Crippen LogP contribution is 2.46. The van der Waals surface area contributed by atoms with Gasteiger partial charge in [-0.05, 0) is 59.7 Å². The SMILES string of the molecule is CC.CCCCC1CC(OC(c2ccccc2)(c2ccc(OC)cc2)c2ccc(OC)cc2)C1. The van der Waals surface area contributed by atoms with Crippen LogP contribution in [0.1, 0.15) is 69.6 Å². The zero-order valence-electron chi connectivity index (χ0n) is 21.4. The summed E-state index contributed by atoms with van der Waals surface area (Å²) in [5.74, 6) is 2.46. The third-order valence-electron chi connectivity index (χ3n) is 6.68. The van der Waals surface area contributed by atoms with Gasteiger partial charge >= 0.3 is 0 Å². The Morgan fingerprint density at radius 1 is 0.706 bits per heavy atom. The van der Waals surface area contributed by atoms with Crippen molar-refractivity contribution in [3.05, 3.63) is 95.6 Å². The summed E-state index contributed by atoms with van der Waals surface area (Å²) in [5.41, 5.74) is 2.64. The van der Waals surface area contributed by atoms with Crippen molar-refractivity contribution in [2.75, 3.05) is 14.2 Å². The molecule has 0 heterocycles. The summed E-state index contributed by atoms with van der Waals surface area (Å²) in [6, 6.07) is 27.2. The highest BCUT2D eigenvalue weighted by Gasteiger charge is 2.43. The van der Waals surface area contributed by atoms with E-state index >= 15 is 0 Å². The molecular weight excluding hydrogens is 420 g/mol. The molecule has 0 radical (unpaired) electrons. The maximum absolute atomic E-state index is 7.11. The maximum Gasteiger partial charge on any atom is 0.144 e. The monoisotopic (exact) mass is 460 g/mol. The summed E-state index contributed by atoms with van der Waals surface area (Å²) in [6.45, 7) is 6.26. The van der Waals surface area contributed by atoms with Crippen LogP contribution in [0.2, 0.25) is 0 Å². The zero-order valence-corrected chi connectivity index (χ0v) is 21.4. The molecule has 0 bridgehead atoms. The minimum absolute atomic E-state index is 0.237. The van der Waals surface area contributed by atoms with E-state index in [0.29, 0.717) is 0 Å². The molecule has 1 aliphatic rings. The average Bonchev–Trinajstić information content (AvgIpc) is 2.90. The van der Waals surface area contributed by atoms with Crippen molar-refractivity contribution in [1.29, 1.82) is 0 Å². The van der Waals surface area contributed by atoms with Crippen LogP contribution in [-0.2, 0) is 10.3 Å². The predicted octanol–water partition coefficient (Wildman–Crippen LogP) is 8.01. The van der Waals surface area contributed by atoms with Gasteiger partial charge in [0.15, 0.2) is 0 Å². The van der Waals surface area contributed by atoms with Crippen LogP contribution < -0.4 is 9.47 Å². The van der Waals surface area contributed by atoms with Crippen molar-refractivity contribution >= 4 is 0 Å². The molecule has 0 aliphatic heterocycles. The van der Waals surface area contributed by atoms with E-state index in [1.807, 2.05) is 38.1 Å². The number of methoxy groups -OCH3 is 2. The van der Waals surface area contributed by atoms with Crippen LogP contribution in [0.5, 0.6) is 11.5 Å². The number of rotatable bonds is 10. The number of unbranched alkanes of at least 4 members (excludes halogenated alkanes) is 1. The standard InChI is InChI=1S/C29H34O3.C2H6/c1-4-5-9-22-20-28(21-22)32-29(23-10-7-6-8-11-23,24-12-16-26(30-2)17-13-24)25-14-18-27(31-3)19-15-25;1-2/h6-8,10-19,22,28H,4-5,9,20-21H2,1-3H3;1-2H3. The molecular formula is C31H40O3. The Kier molecular flexibility index (Phi) is 9.59. The summed E-state index contributed by atoms with van der Waals surface area (Å²) >= 11 is 0. The lowest BCUT2D eigenvalue weighted by molar-refractivity contribution is -0.104. The first-order valence-electron chi connectivity index (χ1n) is 12.7. The van der Waals surface area contributed by atoms with Crippen molar-refractivity contribution < 1.29 is 14.2 Å². The second kappa shape index (κ2) is 12.6. The van der Waals surface area contributed by atoms with Crippen LogP contribution in [0.3, 0.4) is 0 Å². The van der Waals surface area contributed by atoms with Gasteiger partial charge in [0.05, 0.1) is 20.3 Å². The van der Waals surface area contributed by atoms with Crippen molar-refractivity contribution in [1.82, 2.24) is 0 Å². The third kappa shape index (κ3) is 5.64. The minimum atomic E-state index is -0.694. The normalized spacial score (nSPS) is 17.2. The minimum Gasteiger partial charge on any atom is -0.497 e. The Hall–Kier alpha value is -2.78. The van der Waals surface area contributed by atoms with Crippen LogP contribution >= 0.6 is 0 Å². The fourth-order valence-electron chi connectivity index (χ4n) is 4.78. The van der Waals surface area contributed by atoms with E-state index in [-0.39, 0.29) is 6.10 Å². The number of ether oxygens (including phenoxy) is 3. The van der Waals surface area contributed by atoms with Crippen molar-refractivity contribution in [2.24, 2.45) is 5.92 Å². The molecule has 1 fully saturated rings. The van der Waals surface area contributed by atoms with Gasteiger partial charge in [0.25, 0.3) is 0 Å². The molecule has 0 atom stereocenters. The lowest BCUT2D eigenvalue weighted by Gasteiger charge is -2.44. The molecule has 3 nitrogen and oxygen atoms in total. The van der Waals surface area contributed by atoms with Crippen molar-refractivity contribution in [3.63, 3.8) is 0 Å². The second-order valence-corrected chi connectivity index (χ2v) is 8.72. The Bertz CT molecular complexity index is 910. The molecule has 0 unspecified atom stereocenters. The predicted molar refractivity (Wildman–Crippen MR) is 141 cm³/mol. The van der Waals surface area contributed by atoms with Gasteiger partial charge in [-0.1, -0.05) is 94.6 Å². The summed E-state index contributed by atoms with van der Waals surface area (Å²) < 4.78 is 18.0. The van der Waals surface area contributed by atoms with Gasteiger partial charge in [-0.25, -0.2) is 0 Å². The number of benzene rings is 3. The Morgan fingerprint density at radius 3 is 1.62 bits per heavy atom. The van der Waals surface area contributed by atoms with Gasteiger partial charge in [-0.3, -0.25) is 0 Å². The zero-order chi connectivity index (χ0) is 24.4. The molecule has 0 amide bonds. The first-order valence-corrected chi connectivity index (χ1v) is 12.7. The van der Waals surface area contributed by atoms with Crippen LogP contribution in [0, 0.1) is 5.92 Å². The largest absolute Gasteiger partial charge is 0.497 e. The van der Waals surface area contributed by atoms with Crippen LogP contribution in [0.25, 0.3) is 0 Å². The Balaban J connectivity index is 0.00000158. The molecule has 3 aromatic rings. The first kappa shape index (κ1) is 25.8. The lowest BCUT2D eigenvalue weighted by atomic mass is 9.76. The van der Waals surface area contributed by atoms with Crippen molar-refractivity contribution in [3.8, 4) is 11.5 Å². The lowest BCUT2D eigenvalue weighted by Crippen LogP contribution is -2.42. The van der Waals surface area contributed by atoms with Crippen LogP contribution in [0.15, 0.2) is 78.9 Å². The molecule has 3 aromatic carbocycles. The van der Waals surface area contributed by atoms with Gasteiger partial charge in [-0.15, -0.1) is 0 Å². The third-order valence-corrected chi connectivity index (χ3v) is 6.68. The van der Waals surface area contributed by atoms with E-state index < -0.39 is 5.60 Å². The quantitative estimate of drug-likeness (QED) is 0.287. The topological polar surface area (TPSA) is 27.7 Å². The molecule has 34 heavy (non-hydrogen) atoms. The summed E-state index contributed by atoms with van der Waals surface area (Å²) in [6.07, 6.45) is 6.36. The van der Waals surface area contributed by atoms with Gasteiger partial charge in [0, 0.05) is 0 Å². The number of hydrogen-bond acceptors (Lipinski definition) is 3. The molecule has 0 spiro atoms. The smallest absolute Gasteiger partial charge is 0.144 e. The molecule has 0 aromatic heterocycles. The first-order chi connectivity index (χ1) is 16.7. The van der Waals surface area contributed by atoms with Gasteiger partial charge in [0.1, 0.15) is 17.1 Å². The van der Waals surface area contributed by atoms with Crippen LogP contribution in [-0.4, -0.2) is 20.3 Å². The molecule has 1 aliphatic carbocycles. The fraction of sp³-hybridized carbons (Fsp3) is 0.419. The molecule has 4 rings (SSSR count). The molecule has 3 heteroatoms. The molecule has 0 saturated heterocycles. The van der Waals surface area contributed by atoms with E-state index in [1.54, 1.807) is 14.2 Å². The van der Waals surface area contributed by atoms with E-state index in [2.05, 4.69) is 61.5 Å². The molecule has 182 valence electrons. The second-order valence-electron chi connectivity index (χ2n) is 8.72. The van der Waals surface area contributed by atoms with Crippen molar-refractivity contribution in [2.45, 2.75) is 64.6 Å². The maximum atomic E-state index is 7.11. The molecule has 0 N–H and O–H groups in total.